The normalized spacial score (nSPS) is 14.4. The minimum absolute atomic E-state index is 0.0214. The van der Waals surface area contributed by atoms with Gasteiger partial charge in [-0.25, -0.2) is 0 Å². The molecule has 0 saturated carbocycles. The van der Waals surface area contributed by atoms with Gasteiger partial charge in [-0.1, -0.05) is 54.6 Å². The van der Waals surface area contributed by atoms with Gasteiger partial charge in [0, 0.05) is 49.1 Å². The molecule has 1 aliphatic heterocycles. The van der Waals surface area contributed by atoms with Gasteiger partial charge in [0.25, 0.3) is 0 Å². The van der Waals surface area contributed by atoms with E-state index >= 15 is 0 Å². The van der Waals surface area contributed by atoms with Crippen LogP contribution in [0.15, 0.2) is 85.1 Å². The summed E-state index contributed by atoms with van der Waals surface area (Å²) in [4.78, 5) is 22.0. The van der Waals surface area contributed by atoms with Crippen molar-refractivity contribution < 1.29 is 4.79 Å². The summed E-state index contributed by atoms with van der Waals surface area (Å²) in [6.07, 6.45) is 2.21. The predicted octanol–water partition coefficient (Wildman–Crippen LogP) is 4.83. The van der Waals surface area contributed by atoms with E-state index in [-0.39, 0.29) is 5.91 Å². The maximum atomic E-state index is 12.8. The number of carbonyl (C=O) groups is 1. The highest BCUT2D eigenvalue weighted by atomic mass is 16.1. The highest BCUT2D eigenvalue weighted by molar-refractivity contribution is 5.98. The van der Waals surface area contributed by atoms with Crippen molar-refractivity contribution in [2.75, 3.05) is 43.4 Å². The average Bonchev–Trinajstić information content (AvgIpc) is 2.85. The zero-order chi connectivity index (χ0) is 22.6. The van der Waals surface area contributed by atoms with E-state index in [0.29, 0.717) is 6.42 Å². The van der Waals surface area contributed by atoms with Crippen LogP contribution in [0.1, 0.15) is 5.56 Å². The molecule has 0 radical (unpaired) electrons. The molecule has 1 saturated heterocycles. The van der Waals surface area contributed by atoms with Gasteiger partial charge in [-0.05, 0) is 48.0 Å². The Hall–Kier alpha value is -3.70. The first-order valence-corrected chi connectivity index (χ1v) is 11.4. The van der Waals surface area contributed by atoms with E-state index in [1.807, 2.05) is 54.7 Å². The van der Waals surface area contributed by atoms with Crippen LogP contribution in [0.3, 0.4) is 0 Å². The summed E-state index contributed by atoms with van der Waals surface area (Å²) in [7, 11) is 2.16. The van der Waals surface area contributed by atoms with Crippen molar-refractivity contribution in [1.82, 2.24) is 9.88 Å². The number of carbonyl (C=O) groups excluding carboxylic acids is 1. The van der Waals surface area contributed by atoms with Crippen molar-refractivity contribution in [3.05, 3.63) is 90.6 Å². The number of hydrogen-bond donors (Lipinski definition) is 1. The van der Waals surface area contributed by atoms with E-state index in [4.69, 9.17) is 0 Å². The average molecular weight is 437 g/mol. The molecule has 1 aromatic heterocycles. The van der Waals surface area contributed by atoms with Gasteiger partial charge in [-0.3, -0.25) is 9.78 Å². The summed E-state index contributed by atoms with van der Waals surface area (Å²) in [6, 6.07) is 26.5. The second-order valence-electron chi connectivity index (χ2n) is 8.64. The number of amides is 1. The van der Waals surface area contributed by atoms with Gasteiger partial charge in [0.1, 0.15) is 0 Å². The standard InChI is InChI=1S/C28H28N4O/c1-31-15-17-32(18-16-31)27-13-14-29-26-12-11-24(20-25(26)27)30-28(33)19-21-7-9-23(10-8-21)22-5-3-2-4-6-22/h2-14,20H,15-19H2,1H3,(H,30,33). The summed E-state index contributed by atoms with van der Waals surface area (Å²) >= 11 is 0. The lowest BCUT2D eigenvalue weighted by Gasteiger charge is -2.34. The number of anilines is 2. The fourth-order valence-electron chi connectivity index (χ4n) is 4.37. The summed E-state index contributed by atoms with van der Waals surface area (Å²) < 4.78 is 0. The molecule has 2 heterocycles. The third kappa shape index (κ3) is 4.89. The number of fused-ring (bicyclic) bond motifs is 1. The number of rotatable bonds is 5. The van der Waals surface area contributed by atoms with Crippen LogP contribution in [0.2, 0.25) is 0 Å². The molecule has 1 amide bonds. The highest BCUT2D eigenvalue weighted by Crippen LogP contribution is 2.29. The Labute approximate surface area is 194 Å². The Kier molecular flexibility index (Phi) is 6.05. The number of piperazine rings is 1. The summed E-state index contributed by atoms with van der Waals surface area (Å²) in [5.41, 5.74) is 6.25. The van der Waals surface area contributed by atoms with Gasteiger partial charge in [-0.15, -0.1) is 0 Å². The van der Waals surface area contributed by atoms with Crippen molar-refractivity contribution in [2.24, 2.45) is 0 Å². The monoisotopic (exact) mass is 436 g/mol. The Morgan fingerprint density at radius 1 is 0.879 bits per heavy atom. The minimum atomic E-state index is -0.0214. The van der Waals surface area contributed by atoms with Crippen molar-refractivity contribution in [3.63, 3.8) is 0 Å². The third-order valence-corrected chi connectivity index (χ3v) is 6.27. The summed E-state index contributed by atoms with van der Waals surface area (Å²) in [6.45, 7) is 4.07. The molecule has 1 fully saturated rings. The molecule has 166 valence electrons. The van der Waals surface area contributed by atoms with Crippen LogP contribution >= 0.6 is 0 Å². The molecule has 5 heteroatoms. The van der Waals surface area contributed by atoms with Gasteiger partial charge in [0.15, 0.2) is 0 Å². The van der Waals surface area contributed by atoms with E-state index in [2.05, 4.69) is 57.5 Å². The number of pyridine rings is 1. The van der Waals surface area contributed by atoms with E-state index < -0.39 is 0 Å². The zero-order valence-corrected chi connectivity index (χ0v) is 18.9. The van der Waals surface area contributed by atoms with Gasteiger partial charge < -0.3 is 15.1 Å². The smallest absolute Gasteiger partial charge is 0.228 e. The maximum absolute atomic E-state index is 12.8. The molecule has 0 spiro atoms. The molecule has 1 N–H and O–H groups in total. The largest absolute Gasteiger partial charge is 0.368 e. The molecule has 5 nitrogen and oxygen atoms in total. The lowest BCUT2D eigenvalue weighted by atomic mass is 10.0. The zero-order valence-electron chi connectivity index (χ0n) is 18.9. The van der Waals surface area contributed by atoms with Gasteiger partial charge >= 0.3 is 0 Å². The van der Waals surface area contributed by atoms with Crippen molar-refractivity contribution in [1.29, 1.82) is 0 Å². The molecule has 0 bridgehead atoms. The van der Waals surface area contributed by atoms with Crippen LogP contribution in [0.25, 0.3) is 22.0 Å². The van der Waals surface area contributed by atoms with Gasteiger partial charge in [-0.2, -0.15) is 0 Å². The van der Waals surface area contributed by atoms with Crippen molar-refractivity contribution in [3.8, 4) is 11.1 Å². The fraction of sp³-hybridized carbons (Fsp3) is 0.214. The Bertz CT molecular complexity index is 1250. The number of benzene rings is 3. The molecule has 3 aromatic carbocycles. The van der Waals surface area contributed by atoms with E-state index in [0.717, 1.165) is 53.9 Å². The lowest BCUT2D eigenvalue weighted by Crippen LogP contribution is -2.44. The second kappa shape index (κ2) is 9.43. The summed E-state index contributed by atoms with van der Waals surface area (Å²) in [5, 5.41) is 4.15. The Balaban J connectivity index is 1.29. The van der Waals surface area contributed by atoms with Crippen LogP contribution in [0, 0.1) is 0 Å². The van der Waals surface area contributed by atoms with Crippen molar-refractivity contribution in [2.45, 2.75) is 6.42 Å². The van der Waals surface area contributed by atoms with Crippen molar-refractivity contribution >= 4 is 28.2 Å². The van der Waals surface area contributed by atoms with E-state index in [1.54, 1.807) is 0 Å². The topological polar surface area (TPSA) is 48.5 Å². The Morgan fingerprint density at radius 3 is 2.36 bits per heavy atom. The van der Waals surface area contributed by atoms with E-state index in [1.165, 1.54) is 11.3 Å². The van der Waals surface area contributed by atoms with Crippen LogP contribution in [0.5, 0.6) is 0 Å². The number of nitrogens with one attached hydrogen (secondary N) is 1. The van der Waals surface area contributed by atoms with Gasteiger partial charge in [0.05, 0.1) is 11.9 Å². The molecule has 1 aliphatic rings. The first kappa shape index (κ1) is 21.2. The number of nitrogens with zero attached hydrogens (tertiary/aromatic N) is 3. The molecule has 0 aliphatic carbocycles. The van der Waals surface area contributed by atoms with Gasteiger partial charge in [0.2, 0.25) is 5.91 Å². The molecule has 0 unspecified atom stereocenters. The first-order valence-electron chi connectivity index (χ1n) is 11.4. The third-order valence-electron chi connectivity index (χ3n) is 6.27. The van der Waals surface area contributed by atoms with Crippen LogP contribution < -0.4 is 10.2 Å². The first-order chi connectivity index (χ1) is 16.2. The highest BCUT2D eigenvalue weighted by Gasteiger charge is 2.17. The SMILES string of the molecule is CN1CCN(c2ccnc3ccc(NC(=O)Cc4ccc(-c5ccccc5)cc4)cc23)CC1. The second-order valence-corrected chi connectivity index (χ2v) is 8.64. The maximum Gasteiger partial charge on any atom is 0.228 e. The number of aromatic nitrogens is 1. The Morgan fingerprint density at radius 2 is 1.61 bits per heavy atom. The number of likely N-dealkylation sites (N-methyl/N-ethyl adjacent to an activating group) is 1. The molecule has 0 atom stereocenters. The van der Waals surface area contributed by atoms with Crippen LogP contribution in [-0.4, -0.2) is 49.0 Å². The molecule has 33 heavy (non-hydrogen) atoms. The lowest BCUT2D eigenvalue weighted by molar-refractivity contribution is -0.115. The van der Waals surface area contributed by atoms with Crippen LogP contribution in [-0.2, 0) is 11.2 Å². The van der Waals surface area contributed by atoms with Crippen LogP contribution in [0.4, 0.5) is 11.4 Å². The minimum Gasteiger partial charge on any atom is -0.368 e. The fourth-order valence-corrected chi connectivity index (χ4v) is 4.37. The molecule has 5 rings (SSSR count). The molecular weight excluding hydrogens is 408 g/mol. The summed E-state index contributed by atoms with van der Waals surface area (Å²) in [5.74, 6) is -0.0214. The molecular formula is C28H28N4O. The van der Waals surface area contributed by atoms with E-state index in [9.17, 15) is 4.79 Å². The number of hydrogen-bond acceptors (Lipinski definition) is 4. The predicted molar refractivity (Wildman–Crippen MR) is 136 cm³/mol. The molecule has 4 aromatic rings. The quantitative estimate of drug-likeness (QED) is 0.487.